The monoisotopic (exact) mass is 329 g/mol. The first-order chi connectivity index (χ1) is 10.1. The van der Waals surface area contributed by atoms with E-state index in [-0.39, 0.29) is 6.04 Å². The molecule has 0 heterocycles. The molecule has 0 fully saturated rings. The minimum absolute atomic E-state index is 0.0271. The van der Waals surface area contributed by atoms with Crippen LogP contribution >= 0.6 is 23.2 Å². The van der Waals surface area contributed by atoms with Gasteiger partial charge in [0, 0.05) is 16.1 Å². The fourth-order valence-electron chi connectivity index (χ4n) is 2.63. The molecule has 1 aromatic carbocycles. The summed E-state index contributed by atoms with van der Waals surface area (Å²) in [6, 6.07) is 5.61. The predicted octanol–water partition coefficient (Wildman–Crippen LogP) is 6.91. The molecular formula is C18H29Cl2N. The van der Waals surface area contributed by atoms with E-state index >= 15 is 0 Å². The van der Waals surface area contributed by atoms with Crippen LogP contribution in [-0.2, 0) is 0 Å². The minimum atomic E-state index is 0.0271. The second kappa shape index (κ2) is 11.3. The molecule has 0 amide bonds. The highest BCUT2D eigenvalue weighted by molar-refractivity contribution is 6.35. The molecule has 0 saturated heterocycles. The second-order valence-electron chi connectivity index (χ2n) is 5.89. The molecule has 0 saturated carbocycles. The van der Waals surface area contributed by atoms with E-state index < -0.39 is 0 Å². The fourth-order valence-corrected chi connectivity index (χ4v) is 3.18. The van der Waals surface area contributed by atoms with E-state index in [0.717, 1.165) is 12.0 Å². The first kappa shape index (κ1) is 18.8. The summed E-state index contributed by atoms with van der Waals surface area (Å²) in [5.74, 6) is 0. The molecule has 1 aromatic rings. The molecule has 3 heteroatoms. The standard InChI is InChI=1S/C18H29Cl2N/c1-2-3-4-5-6-7-8-9-10-11-18(21)16-13-12-15(19)14-17(16)20/h12-14,18H,2-11,21H2,1H3. The van der Waals surface area contributed by atoms with Crippen LogP contribution in [0.15, 0.2) is 18.2 Å². The molecule has 1 nitrogen and oxygen atoms in total. The van der Waals surface area contributed by atoms with Gasteiger partial charge >= 0.3 is 0 Å². The number of halogens is 2. The van der Waals surface area contributed by atoms with Gasteiger partial charge in [0.25, 0.3) is 0 Å². The predicted molar refractivity (Wildman–Crippen MR) is 95.2 cm³/mol. The SMILES string of the molecule is CCCCCCCCCCCC(N)c1ccc(Cl)cc1Cl. The van der Waals surface area contributed by atoms with Gasteiger partial charge in [-0.3, -0.25) is 0 Å². The molecule has 0 aliphatic carbocycles. The third-order valence-corrected chi connectivity index (χ3v) is 4.54. The molecule has 120 valence electrons. The van der Waals surface area contributed by atoms with Gasteiger partial charge in [-0.15, -0.1) is 0 Å². The third-order valence-electron chi connectivity index (χ3n) is 3.98. The highest BCUT2D eigenvalue weighted by Crippen LogP contribution is 2.27. The molecule has 0 radical (unpaired) electrons. The van der Waals surface area contributed by atoms with Crippen LogP contribution in [0.5, 0.6) is 0 Å². The minimum Gasteiger partial charge on any atom is -0.324 e. The molecular weight excluding hydrogens is 301 g/mol. The van der Waals surface area contributed by atoms with Crippen LogP contribution < -0.4 is 5.73 Å². The van der Waals surface area contributed by atoms with Crippen molar-refractivity contribution in [2.24, 2.45) is 5.73 Å². The van der Waals surface area contributed by atoms with E-state index in [2.05, 4.69) is 6.92 Å². The Morgan fingerprint density at radius 3 is 2.05 bits per heavy atom. The Hall–Kier alpha value is -0.240. The van der Waals surface area contributed by atoms with Crippen LogP contribution in [0.2, 0.25) is 10.0 Å². The summed E-state index contributed by atoms with van der Waals surface area (Å²) in [5, 5.41) is 1.35. The number of hydrogen-bond donors (Lipinski definition) is 1. The highest BCUT2D eigenvalue weighted by Gasteiger charge is 2.10. The topological polar surface area (TPSA) is 26.0 Å². The highest BCUT2D eigenvalue weighted by atomic mass is 35.5. The zero-order chi connectivity index (χ0) is 15.5. The number of nitrogens with two attached hydrogens (primary N) is 1. The average Bonchev–Trinajstić information content (AvgIpc) is 2.45. The van der Waals surface area contributed by atoms with E-state index in [1.807, 2.05) is 12.1 Å². The van der Waals surface area contributed by atoms with Crippen LogP contribution in [0.4, 0.5) is 0 Å². The van der Waals surface area contributed by atoms with E-state index in [9.17, 15) is 0 Å². The van der Waals surface area contributed by atoms with Crippen molar-refractivity contribution in [3.05, 3.63) is 33.8 Å². The van der Waals surface area contributed by atoms with E-state index in [1.54, 1.807) is 6.07 Å². The maximum absolute atomic E-state index is 6.21. The zero-order valence-corrected chi connectivity index (χ0v) is 14.7. The first-order valence-electron chi connectivity index (χ1n) is 8.35. The van der Waals surface area contributed by atoms with Gasteiger partial charge in [-0.05, 0) is 24.1 Å². The summed E-state index contributed by atoms with van der Waals surface area (Å²) in [7, 11) is 0. The van der Waals surface area contributed by atoms with Gasteiger partial charge in [-0.25, -0.2) is 0 Å². The van der Waals surface area contributed by atoms with Gasteiger partial charge < -0.3 is 5.73 Å². The van der Waals surface area contributed by atoms with Gasteiger partial charge in [0.05, 0.1) is 0 Å². The van der Waals surface area contributed by atoms with Crippen molar-refractivity contribution in [2.75, 3.05) is 0 Å². The summed E-state index contributed by atoms with van der Waals surface area (Å²) in [6.45, 7) is 2.26. The van der Waals surface area contributed by atoms with Crippen molar-refractivity contribution >= 4 is 23.2 Å². The Morgan fingerprint density at radius 2 is 1.48 bits per heavy atom. The second-order valence-corrected chi connectivity index (χ2v) is 6.73. The van der Waals surface area contributed by atoms with Crippen LogP contribution in [-0.4, -0.2) is 0 Å². The van der Waals surface area contributed by atoms with E-state index in [0.29, 0.717) is 10.0 Å². The summed E-state index contributed by atoms with van der Waals surface area (Å²) in [5.41, 5.74) is 7.23. The maximum atomic E-state index is 6.21. The summed E-state index contributed by atoms with van der Waals surface area (Å²) >= 11 is 12.1. The van der Waals surface area contributed by atoms with Crippen molar-refractivity contribution in [2.45, 2.75) is 77.2 Å². The number of hydrogen-bond acceptors (Lipinski definition) is 1. The molecule has 1 rings (SSSR count). The summed E-state index contributed by atoms with van der Waals surface area (Å²) < 4.78 is 0. The van der Waals surface area contributed by atoms with Crippen molar-refractivity contribution in [3.63, 3.8) is 0 Å². The van der Waals surface area contributed by atoms with Crippen molar-refractivity contribution in [3.8, 4) is 0 Å². The normalized spacial score (nSPS) is 12.6. The van der Waals surface area contributed by atoms with Crippen LogP contribution in [0, 0.1) is 0 Å². The molecule has 21 heavy (non-hydrogen) atoms. The van der Waals surface area contributed by atoms with Gasteiger partial charge in [-0.2, -0.15) is 0 Å². The largest absolute Gasteiger partial charge is 0.324 e. The number of unbranched alkanes of at least 4 members (excludes halogenated alkanes) is 8. The molecule has 1 unspecified atom stereocenters. The lowest BCUT2D eigenvalue weighted by Crippen LogP contribution is -2.10. The maximum Gasteiger partial charge on any atom is 0.0468 e. The molecule has 0 aliphatic heterocycles. The van der Waals surface area contributed by atoms with E-state index in [1.165, 1.54) is 57.8 Å². The molecule has 0 bridgehead atoms. The summed E-state index contributed by atoms with van der Waals surface area (Å²) in [6.07, 6.45) is 13.0. The average molecular weight is 330 g/mol. The Bertz CT molecular complexity index is 393. The lowest BCUT2D eigenvalue weighted by atomic mass is 10.00. The Morgan fingerprint density at radius 1 is 0.905 bits per heavy atom. The number of rotatable bonds is 11. The van der Waals surface area contributed by atoms with Crippen molar-refractivity contribution in [1.82, 2.24) is 0 Å². The zero-order valence-electron chi connectivity index (χ0n) is 13.2. The van der Waals surface area contributed by atoms with Crippen LogP contribution in [0.25, 0.3) is 0 Å². The summed E-state index contributed by atoms with van der Waals surface area (Å²) in [4.78, 5) is 0. The fraction of sp³-hybridized carbons (Fsp3) is 0.667. The smallest absolute Gasteiger partial charge is 0.0468 e. The third kappa shape index (κ3) is 8.09. The lowest BCUT2D eigenvalue weighted by molar-refractivity contribution is 0.532. The molecule has 0 aromatic heterocycles. The van der Waals surface area contributed by atoms with Crippen LogP contribution in [0.1, 0.15) is 82.7 Å². The Kier molecular flexibility index (Phi) is 10.2. The molecule has 2 N–H and O–H groups in total. The van der Waals surface area contributed by atoms with Gasteiger partial charge in [0.1, 0.15) is 0 Å². The quantitative estimate of drug-likeness (QED) is 0.438. The lowest BCUT2D eigenvalue weighted by Gasteiger charge is -2.13. The molecule has 1 atom stereocenters. The van der Waals surface area contributed by atoms with Crippen molar-refractivity contribution in [1.29, 1.82) is 0 Å². The van der Waals surface area contributed by atoms with Crippen LogP contribution in [0.3, 0.4) is 0 Å². The van der Waals surface area contributed by atoms with Gasteiger partial charge in [0.15, 0.2) is 0 Å². The Labute approximate surface area is 140 Å². The molecule has 0 aliphatic rings. The Balaban J connectivity index is 2.09. The van der Waals surface area contributed by atoms with Crippen molar-refractivity contribution < 1.29 is 0 Å². The van der Waals surface area contributed by atoms with Gasteiger partial charge in [-0.1, -0.05) is 94.0 Å². The molecule has 0 spiro atoms. The van der Waals surface area contributed by atoms with Gasteiger partial charge in [0.2, 0.25) is 0 Å². The van der Waals surface area contributed by atoms with E-state index in [4.69, 9.17) is 28.9 Å². The first-order valence-corrected chi connectivity index (χ1v) is 9.11. The number of benzene rings is 1.